The molecule has 1 fully saturated rings. The number of likely N-dealkylation sites (N-methyl/N-ethyl adjacent to an activating group) is 1. The molecule has 5 heteroatoms. The number of piperazine rings is 1. The third-order valence-electron chi connectivity index (χ3n) is 4.29. The van der Waals surface area contributed by atoms with Gasteiger partial charge in [-0.2, -0.15) is 0 Å². The second-order valence-corrected chi connectivity index (χ2v) is 7.31. The third kappa shape index (κ3) is 2.30. The van der Waals surface area contributed by atoms with Crippen LogP contribution >= 0.6 is 0 Å². The van der Waals surface area contributed by atoms with Gasteiger partial charge >= 0.3 is 0 Å². The van der Waals surface area contributed by atoms with Crippen molar-refractivity contribution >= 4 is 9.84 Å². The fraction of sp³-hybridized carbons (Fsp3) is 0.571. The summed E-state index contributed by atoms with van der Waals surface area (Å²) in [4.78, 5) is 5.28. The Morgan fingerprint density at radius 1 is 1.16 bits per heavy atom. The summed E-state index contributed by atoms with van der Waals surface area (Å²) in [5.74, 6) is 0.248. The van der Waals surface area contributed by atoms with E-state index in [2.05, 4.69) is 16.7 Å². The van der Waals surface area contributed by atoms with Crippen LogP contribution in [0.15, 0.2) is 29.2 Å². The number of sulfone groups is 1. The molecule has 1 aromatic carbocycles. The van der Waals surface area contributed by atoms with Gasteiger partial charge in [-0.25, -0.2) is 8.42 Å². The Morgan fingerprint density at radius 2 is 1.84 bits per heavy atom. The van der Waals surface area contributed by atoms with E-state index in [9.17, 15) is 8.42 Å². The zero-order chi connectivity index (χ0) is 13.5. The smallest absolute Gasteiger partial charge is 0.180 e. The van der Waals surface area contributed by atoms with Crippen molar-refractivity contribution in [3.8, 4) is 0 Å². The van der Waals surface area contributed by atoms with Crippen LogP contribution in [-0.2, 0) is 9.84 Å². The van der Waals surface area contributed by atoms with Crippen molar-refractivity contribution in [3.05, 3.63) is 29.8 Å². The molecule has 2 aliphatic rings. The summed E-state index contributed by atoms with van der Waals surface area (Å²) in [6, 6.07) is 7.52. The molecule has 0 N–H and O–H groups in total. The summed E-state index contributed by atoms with van der Waals surface area (Å²) in [6.45, 7) is 7.24. The van der Waals surface area contributed by atoms with Crippen LogP contribution in [0.1, 0.15) is 18.5 Å². The van der Waals surface area contributed by atoms with Crippen molar-refractivity contribution in [2.24, 2.45) is 0 Å². The Kier molecular flexibility index (Phi) is 3.37. The van der Waals surface area contributed by atoms with Gasteiger partial charge in [0.25, 0.3) is 0 Å². The Morgan fingerprint density at radius 3 is 2.53 bits per heavy atom. The van der Waals surface area contributed by atoms with Gasteiger partial charge in [0, 0.05) is 26.2 Å². The van der Waals surface area contributed by atoms with E-state index in [0.29, 0.717) is 4.90 Å². The van der Waals surface area contributed by atoms with Gasteiger partial charge in [-0.05, 0) is 18.2 Å². The van der Waals surface area contributed by atoms with Crippen molar-refractivity contribution in [2.75, 3.05) is 38.5 Å². The number of benzene rings is 1. The lowest BCUT2D eigenvalue weighted by atomic mass is 10.1. The van der Waals surface area contributed by atoms with Gasteiger partial charge in [0.15, 0.2) is 9.84 Å². The first kappa shape index (κ1) is 13.1. The van der Waals surface area contributed by atoms with Crippen LogP contribution in [0.5, 0.6) is 0 Å². The standard InChI is InChI=1S/C14H20N2O2S/c1-2-15-7-9-16(10-8-15)13-11-19(17,18)14-6-4-3-5-12(13)14/h3-6,13H,2,7-11H2,1H3/t13-/m0/s1. The minimum atomic E-state index is -3.08. The molecule has 104 valence electrons. The monoisotopic (exact) mass is 280 g/mol. The highest BCUT2D eigenvalue weighted by Gasteiger charge is 2.38. The van der Waals surface area contributed by atoms with Crippen molar-refractivity contribution in [1.29, 1.82) is 0 Å². The van der Waals surface area contributed by atoms with Crippen molar-refractivity contribution in [2.45, 2.75) is 17.9 Å². The number of hydrogen-bond donors (Lipinski definition) is 0. The van der Waals surface area contributed by atoms with Crippen LogP contribution in [-0.4, -0.2) is 56.7 Å². The zero-order valence-electron chi connectivity index (χ0n) is 11.2. The highest BCUT2D eigenvalue weighted by Crippen LogP contribution is 2.37. The lowest BCUT2D eigenvalue weighted by Gasteiger charge is -2.37. The van der Waals surface area contributed by atoms with Crippen molar-refractivity contribution in [1.82, 2.24) is 9.80 Å². The largest absolute Gasteiger partial charge is 0.301 e. The second kappa shape index (κ2) is 4.89. The van der Waals surface area contributed by atoms with Crippen LogP contribution in [0, 0.1) is 0 Å². The molecule has 0 bridgehead atoms. The fourth-order valence-corrected chi connectivity index (χ4v) is 4.95. The van der Waals surface area contributed by atoms with Crippen LogP contribution in [0.25, 0.3) is 0 Å². The molecule has 2 aliphatic heterocycles. The molecule has 0 spiro atoms. The maximum atomic E-state index is 12.2. The predicted molar refractivity (Wildman–Crippen MR) is 74.9 cm³/mol. The normalized spacial score (nSPS) is 27.3. The summed E-state index contributed by atoms with van der Waals surface area (Å²) < 4.78 is 24.4. The van der Waals surface area contributed by atoms with Crippen LogP contribution < -0.4 is 0 Å². The Balaban J connectivity index is 1.85. The number of rotatable bonds is 2. The number of nitrogens with zero attached hydrogens (tertiary/aromatic N) is 2. The van der Waals surface area contributed by atoms with E-state index in [1.54, 1.807) is 6.07 Å². The lowest BCUT2D eigenvalue weighted by molar-refractivity contribution is 0.108. The number of fused-ring (bicyclic) bond motifs is 1. The van der Waals surface area contributed by atoms with E-state index >= 15 is 0 Å². The van der Waals surface area contributed by atoms with E-state index in [4.69, 9.17) is 0 Å². The average Bonchev–Trinajstić information content (AvgIpc) is 2.72. The van der Waals surface area contributed by atoms with E-state index in [1.165, 1.54) is 0 Å². The van der Waals surface area contributed by atoms with Gasteiger partial charge in [-0.3, -0.25) is 4.90 Å². The molecule has 1 saturated heterocycles. The fourth-order valence-electron chi connectivity index (χ4n) is 3.12. The maximum absolute atomic E-state index is 12.2. The summed E-state index contributed by atoms with van der Waals surface area (Å²) in [7, 11) is -3.08. The van der Waals surface area contributed by atoms with Gasteiger partial charge in [0.2, 0.25) is 0 Å². The van der Waals surface area contributed by atoms with Crippen LogP contribution in [0.2, 0.25) is 0 Å². The molecule has 0 amide bonds. The topological polar surface area (TPSA) is 40.6 Å². The third-order valence-corrected chi connectivity index (χ3v) is 6.08. The molecule has 0 aliphatic carbocycles. The first-order valence-electron chi connectivity index (χ1n) is 6.90. The minimum absolute atomic E-state index is 0.0557. The highest BCUT2D eigenvalue weighted by atomic mass is 32.2. The molecule has 0 saturated carbocycles. The number of hydrogen-bond acceptors (Lipinski definition) is 4. The summed E-state index contributed by atoms with van der Waals surface area (Å²) in [5.41, 5.74) is 0.993. The Labute approximate surface area is 114 Å². The molecule has 0 radical (unpaired) electrons. The molecule has 3 rings (SSSR count). The maximum Gasteiger partial charge on any atom is 0.180 e. The Hall–Kier alpha value is -0.910. The van der Waals surface area contributed by atoms with Gasteiger partial charge < -0.3 is 4.90 Å². The first-order valence-corrected chi connectivity index (χ1v) is 8.55. The van der Waals surface area contributed by atoms with E-state index in [0.717, 1.165) is 38.3 Å². The lowest BCUT2D eigenvalue weighted by Crippen LogP contribution is -2.47. The van der Waals surface area contributed by atoms with Crippen LogP contribution in [0.3, 0.4) is 0 Å². The second-order valence-electron chi connectivity index (χ2n) is 5.31. The molecule has 1 aromatic rings. The summed E-state index contributed by atoms with van der Waals surface area (Å²) in [6.07, 6.45) is 0. The summed E-state index contributed by atoms with van der Waals surface area (Å²) in [5, 5.41) is 0. The van der Waals surface area contributed by atoms with Crippen molar-refractivity contribution < 1.29 is 8.42 Å². The SMILES string of the molecule is CCN1CCN([C@H]2CS(=O)(=O)c3ccccc32)CC1. The first-order chi connectivity index (χ1) is 9.12. The molecular formula is C14H20N2O2S. The van der Waals surface area contributed by atoms with Crippen LogP contribution in [0.4, 0.5) is 0 Å². The van der Waals surface area contributed by atoms with Gasteiger partial charge in [0.1, 0.15) is 0 Å². The van der Waals surface area contributed by atoms with Gasteiger partial charge in [-0.1, -0.05) is 25.1 Å². The summed E-state index contributed by atoms with van der Waals surface area (Å²) >= 11 is 0. The van der Waals surface area contributed by atoms with Crippen molar-refractivity contribution in [3.63, 3.8) is 0 Å². The molecule has 1 atom stereocenters. The van der Waals surface area contributed by atoms with Gasteiger partial charge in [0.05, 0.1) is 16.7 Å². The van der Waals surface area contributed by atoms with E-state index in [-0.39, 0.29) is 11.8 Å². The molecule has 0 unspecified atom stereocenters. The molecular weight excluding hydrogens is 260 g/mol. The molecule has 2 heterocycles. The molecule has 4 nitrogen and oxygen atoms in total. The van der Waals surface area contributed by atoms with Gasteiger partial charge in [-0.15, -0.1) is 0 Å². The molecule has 0 aromatic heterocycles. The quantitative estimate of drug-likeness (QED) is 0.815. The average molecular weight is 280 g/mol. The highest BCUT2D eigenvalue weighted by molar-refractivity contribution is 7.91. The van der Waals surface area contributed by atoms with E-state index in [1.807, 2.05) is 18.2 Å². The molecule has 19 heavy (non-hydrogen) atoms. The van der Waals surface area contributed by atoms with E-state index < -0.39 is 9.84 Å². The minimum Gasteiger partial charge on any atom is -0.301 e. The predicted octanol–water partition coefficient (Wildman–Crippen LogP) is 1.15. The Bertz CT molecular complexity index is 563. The zero-order valence-corrected chi connectivity index (χ0v) is 12.1.